The predicted octanol–water partition coefficient (Wildman–Crippen LogP) is -0.444. The second kappa shape index (κ2) is 6.54. The number of rotatable bonds is 5. The van der Waals surface area contributed by atoms with Gasteiger partial charge in [-0.1, -0.05) is 15.9 Å². The Bertz CT molecular complexity index is 733. The van der Waals surface area contributed by atoms with Gasteiger partial charge in [-0.05, 0) is 24.3 Å². The highest BCUT2D eigenvalue weighted by Gasteiger charge is 2.44. The molecular weight excluding hydrogens is 396 g/mol. The lowest BCUT2D eigenvalue weighted by Crippen LogP contribution is -2.48. The molecule has 0 radical (unpaired) electrons. The minimum absolute atomic E-state index is 0.0268. The molecule has 1 saturated heterocycles. The number of halogens is 1. The zero-order valence-corrected chi connectivity index (χ0v) is 14.8. The van der Waals surface area contributed by atoms with E-state index >= 15 is 0 Å². The topological polar surface area (TPSA) is 118 Å². The van der Waals surface area contributed by atoms with Crippen LogP contribution in [0.2, 0.25) is 0 Å². The van der Waals surface area contributed by atoms with E-state index in [1.807, 2.05) is 0 Å². The molecule has 2 rings (SSSR count). The number of aliphatic hydroxyl groups excluding tert-OH is 1. The van der Waals surface area contributed by atoms with Gasteiger partial charge in [-0.25, -0.2) is 16.8 Å². The van der Waals surface area contributed by atoms with Crippen LogP contribution in [0.1, 0.15) is 0 Å². The number of sulfonamides is 1. The van der Waals surface area contributed by atoms with Gasteiger partial charge in [0.05, 0.1) is 28.5 Å². The van der Waals surface area contributed by atoms with Crippen LogP contribution in [0.5, 0.6) is 0 Å². The maximum Gasteiger partial charge on any atom is 0.243 e. The van der Waals surface area contributed by atoms with Crippen LogP contribution in [0.3, 0.4) is 0 Å². The highest BCUT2D eigenvalue weighted by molar-refractivity contribution is 9.10. The molecule has 0 saturated carbocycles. The Hall–Kier alpha value is -0.520. The van der Waals surface area contributed by atoms with Crippen molar-refractivity contribution in [2.24, 2.45) is 5.73 Å². The van der Waals surface area contributed by atoms with Crippen molar-refractivity contribution in [1.29, 1.82) is 0 Å². The largest absolute Gasteiger partial charge is 0.390 e. The molecule has 0 amide bonds. The fourth-order valence-corrected chi connectivity index (χ4v) is 6.25. The smallest absolute Gasteiger partial charge is 0.243 e. The molecule has 0 bridgehead atoms. The Morgan fingerprint density at radius 2 is 1.86 bits per heavy atom. The van der Waals surface area contributed by atoms with Crippen molar-refractivity contribution in [3.8, 4) is 0 Å². The highest BCUT2D eigenvalue weighted by atomic mass is 79.9. The number of hydrogen-bond acceptors (Lipinski definition) is 6. The third kappa shape index (κ3) is 3.69. The molecule has 1 aromatic carbocycles. The summed E-state index contributed by atoms with van der Waals surface area (Å²) in [5.41, 5.74) is 5.46. The molecule has 22 heavy (non-hydrogen) atoms. The van der Waals surface area contributed by atoms with E-state index in [9.17, 15) is 21.9 Å². The van der Waals surface area contributed by atoms with Gasteiger partial charge in [-0.3, -0.25) is 0 Å². The highest BCUT2D eigenvalue weighted by Crippen LogP contribution is 2.26. The molecule has 1 heterocycles. The molecule has 7 nitrogen and oxygen atoms in total. The molecule has 0 spiro atoms. The first-order valence-electron chi connectivity index (χ1n) is 6.53. The summed E-state index contributed by atoms with van der Waals surface area (Å²) in [7, 11) is -7.40. The van der Waals surface area contributed by atoms with Crippen molar-refractivity contribution >= 4 is 35.8 Å². The number of aliphatic hydroxyl groups is 1. The van der Waals surface area contributed by atoms with Crippen LogP contribution in [0.25, 0.3) is 0 Å². The van der Waals surface area contributed by atoms with Gasteiger partial charge >= 0.3 is 0 Å². The van der Waals surface area contributed by atoms with Crippen molar-refractivity contribution in [3.63, 3.8) is 0 Å². The first-order chi connectivity index (χ1) is 10.2. The van der Waals surface area contributed by atoms with Crippen LogP contribution in [-0.2, 0) is 19.9 Å². The molecule has 0 aromatic heterocycles. The molecule has 1 aliphatic heterocycles. The maximum absolute atomic E-state index is 12.7. The van der Waals surface area contributed by atoms with Gasteiger partial charge in [0, 0.05) is 17.6 Å². The number of sulfone groups is 1. The van der Waals surface area contributed by atoms with E-state index in [-0.39, 0.29) is 18.0 Å². The van der Waals surface area contributed by atoms with Crippen LogP contribution in [0.4, 0.5) is 0 Å². The summed E-state index contributed by atoms with van der Waals surface area (Å²) in [6.45, 7) is -0.0331. The van der Waals surface area contributed by atoms with Crippen molar-refractivity contribution in [1.82, 2.24) is 4.31 Å². The summed E-state index contributed by atoms with van der Waals surface area (Å²) in [5.74, 6) is -0.835. The van der Waals surface area contributed by atoms with Crippen LogP contribution >= 0.6 is 15.9 Å². The van der Waals surface area contributed by atoms with Gasteiger partial charge in [-0.15, -0.1) is 0 Å². The molecule has 0 aliphatic carbocycles. The first kappa shape index (κ1) is 17.8. The molecule has 1 aliphatic rings. The lowest BCUT2D eigenvalue weighted by atomic mass is 10.2. The first-order valence-corrected chi connectivity index (χ1v) is 10.6. The van der Waals surface area contributed by atoms with Gasteiger partial charge in [0.2, 0.25) is 10.0 Å². The summed E-state index contributed by atoms with van der Waals surface area (Å²) in [6, 6.07) is 4.98. The van der Waals surface area contributed by atoms with Crippen molar-refractivity contribution < 1.29 is 21.9 Å². The quantitative estimate of drug-likeness (QED) is 0.676. The zero-order valence-electron chi connectivity index (χ0n) is 11.6. The van der Waals surface area contributed by atoms with E-state index in [4.69, 9.17) is 5.73 Å². The van der Waals surface area contributed by atoms with Gasteiger partial charge in [0.1, 0.15) is 0 Å². The Labute approximate surface area is 138 Å². The summed E-state index contributed by atoms with van der Waals surface area (Å²) < 4.78 is 50.5. The molecule has 1 aromatic rings. The second-order valence-electron chi connectivity index (χ2n) is 5.07. The number of nitrogens with two attached hydrogens (primary N) is 1. The molecule has 124 valence electrons. The van der Waals surface area contributed by atoms with Crippen LogP contribution < -0.4 is 5.73 Å². The monoisotopic (exact) mass is 412 g/mol. The van der Waals surface area contributed by atoms with E-state index < -0.39 is 43.5 Å². The molecule has 1 fully saturated rings. The van der Waals surface area contributed by atoms with Crippen LogP contribution in [0.15, 0.2) is 33.6 Å². The van der Waals surface area contributed by atoms with E-state index in [0.29, 0.717) is 0 Å². The predicted molar refractivity (Wildman–Crippen MR) is 85.5 cm³/mol. The van der Waals surface area contributed by atoms with Gasteiger partial charge in [0.25, 0.3) is 0 Å². The fourth-order valence-electron chi connectivity index (χ4n) is 2.42. The molecule has 2 atom stereocenters. The third-order valence-electron chi connectivity index (χ3n) is 3.43. The summed E-state index contributed by atoms with van der Waals surface area (Å²) in [6.07, 6.45) is -1.25. The minimum Gasteiger partial charge on any atom is -0.390 e. The third-order valence-corrected chi connectivity index (χ3v) is 7.60. The number of benzene rings is 1. The molecule has 10 heteroatoms. The minimum atomic E-state index is -3.94. The molecule has 0 unspecified atom stereocenters. The Morgan fingerprint density at radius 3 is 2.32 bits per heavy atom. The van der Waals surface area contributed by atoms with Gasteiger partial charge in [-0.2, -0.15) is 4.31 Å². The van der Waals surface area contributed by atoms with Crippen molar-refractivity contribution in [2.45, 2.75) is 17.0 Å². The fraction of sp³-hybridized carbons (Fsp3) is 0.500. The van der Waals surface area contributed by atoms with E-state index in [2.05, 4.69) is 15.9 Å². The van der Waals surface area contributed by atoms with Crippen molar-refractivity contribution in [3.05, 3.63) is 28.7 Å². The maximum atomic E-state index is 12.7. The zero-order chi connectivity index (χ0) is 16.5. The van der Waals surface area contributed by atoms with Gasteiger partial charge < -0.3 is 10.8 Å². The average molecular weight is 413 g/mol. The van der Waals surface area contributed by atoms with Gasteiger partial charge in [0.15, 0.2) is 9.84 Å². The van der Waals surface area contributed by atoms with Crippen LogP contribution in [-0.4, -0.2) is 63.0 Å². The lowest BCUT2D eigenvalue weighted by Gasteiger charge is -2.28. The lowest BCUT2D eigenvalue weighted by molar-refractivity contribution is 0.129. The Morgan fingerprint density at radius 1 is 1.27 bits per heavy atom. The van der Waals surface area contributed by atoms with Crippen LogP contribution in [0, 0.1) is 0 Å². The normalized spacial score (nSPS) is 24.7. The van der Waals surface area contributed by atoms with E-state index in [0.717, 1.165) is 8.78 Å². The average Bonchev–Trinajstić information content (AvgIpc) is 2.69. The second-order valence-corrected chi connectivity index (χ2v) is 10.0. The summed E-state index contributed by atoms with van der Waals surface area (Å²) in [5, 5.41) is 9.94. The Kier molecular flexibility index (Phi) is 5.30. The number of hydrogen-bond donors (Lipinski definition) is 2. The molecule has 3 N–H and O–H groups in total. The standard InChI is InChI=1S/C12H17BrN2O5S2/c13-9-1-3-10(4-2-9)22(19,20)15(6-5-14)11-7-21(17,18)8-12(11)16/h1-4,11-12,16H,5-8,14H2/t11-,12-/m1/s1. The molecular formula is C12H17BrN2O5S2. The van der Waals surface area contributed by atoms with E-state index in [1.54, 1.807) is 12.1 Å². The van der Waals surface area contributed by atoms with Crippen molar-refractivity contribution in [2.75, 3.05) is 24.6 Å². The summed E-state index contributed by atoms with van der Waals surface area (Å²) >= 11 is 3.22. The SMILES string of the molecule is NCCN([C@@H]1CS(=O)(=O)C[C@H]1O)S(=O)(=O)c1ccc(Br)cc1. The Balaban J connectivity index is 2.41. The number of nitrogens with zero attached hydrogens (tertiary/aromatic N) is 1. The van der Waals surface area contributed by atoms with E-state index in [1.165, 1.54) is 12.1 Å². The summed E-state index contributed by atoms with van der Waals surface area (Å²) in [4.78, 5) is 0.0284.